The van der Waals surface area contributed by atoms with Crippen LogP contribution in [0.4, 0.5) is 0 Å². The molecule has 5 fully saturated rings. The van der Waals surface area contributed by atoms with E-state index in [0.717, 1.165) is 0 Å². The number of ketones is 3. The van der Waals surface area contributed by atoms with Gasteiger partial charge in [0.2, 0.25) is 0 Å². The van der Waals surface area contributed by atoms with Crippen LogP contribution in [0.2, 0.25) is 0 Å². The maximum Gasteiger partial charge on any atom is 0.170 e. The molecule has 7 nitrogen and oxygen atoms in total. The van der Waals surface area contributed by atoms with Crippen LogP contribution in [-0.4, -0.2) is 47.4 Å². The van der Waals surface area contributed by atoms with E-state index in [4.69, 9.17) is 9.47 Å². The molecule has 2 N–H and O–H groups in total. The number of Topliss-reactive ketones (excluding diaryl/α,β-unsaturated/α-hetero) is 3. The fourth-order valence-corrected chi connectivity index (χ4v) is 6.24. The molecule has 1 aliphatic heterocycles. The highest BCUT2D eigenvalue weighted by Gasteiger charge is 2.63. The van der Waals surface area contributed by atoms with Crippen molar-refractivity contribution < 1.29 is 23.9 Å². The molecule has 5 rings (SSSR count). The highest BCUT2D eigenvalue weighted by molar-refractivity contribution is 5.91. The Kier molecular flexibility index (Phi) is 4.00. The first-order valence-electron chi connectivity index (χ1n) is 10.5. The second kappa shape index (κ2) is 5.94. The number of carbonyl (C=O) groups excluding carboxylic acids is 3. The van der Waals surface area contributed by atoms with Crippen LogP contribution < -0.4 is 10.9 Å². The minimum Gasteiger partial charge on any atom is -0.349 e. The lowest BCUT2D eigenvalue weighted by Crippen LogP contribution is -2.62. The summed E-state index contributed by atoms with van der Waals surface area (Å²) in [5.41, 5.74) is 5.98. The Morgan fingerprint density at radius 1 is 0.786 bits per heavy atom. The van der Waals surface area contributed by atoms with Gasteiger partial charge in [-0.2, -0.15) is 0 Å². The number of nitrogens with one attached hydrogen (secondary N) is 2. The third-order valence-electron chi connectivity index (χ3n) is 7.68. The predicted octanol–water partition coefficient (Wildman–Crippen LogP) is 1.44. The number of ether oxygens (including phenoxy) is 2. The van der Waals surface area contributed by atoms with Gasteiger partial charge in [0.15, 0.2) is 5.79 Å². The number of fused-ring (bicyclic) bond motifs is 2. The predicted molar refractivity (Wildman–Crippen MR) is 99.1 cm³/mol. The zero-order chi connectivity index (χ0) is 19.8. The molecule has 0 unspecified atom stereocenters. The smallest absolute Gasteiger partial charge is 0.170 e. The fourth-order valence-electron chi connectivity index (χ4n) is 6.24. The van der Waals surface area contributed by atoms with Crippen LogP contribution in [0.1, 0.15) is 65.2 Å². The van der Waals surface area contributed by atoms with Crippen LogP contribution in [0.25, 0.3) is 0 Å². The lowest BCUT2D eigenvalue weighted by Gasteiger charge is -2.43. The molecular formula is C21H30N2O5. The summed E-state index contributed by atoms with van der Waals surface area (Å²) in [5.74, 6) is 0.246. The minimum atomic E-state index is -0.635. The van der Waals surface area contributed by atoms with Gasteiger partial charge in [0, 0.05) is 67.9 Å². The summed E-state index contributed by atoms with van der Waals surface area (Å²) in [5, 5.41) is 0. The zero-order valence-electron chi connectivity index (χ0n) is 16.8. The van der Waals surface area contributed by atoms with Crippen LogP contribution in [0.5, 0.6) is 0 Å². The molecule has 0 amide bonds. The zero-order valence-corrected chi connectivity index (χ0v) is 16.8. The first kappa shape index (κ1) is 18.9. The number of rotatable bonds is 3. The second-order valence-electron chi connectivity index (χ2n) is 10.7. The first-order chi connectivity index (χ1) is 13.1. The van der Waals surface area contributed by atoms with Crippen molar-refractivity contribution in [1.82, 2.24) is 10.9 Å². The van der Waals surface area contributed by atoms with Gasteiger partial charge < -0.3 is 9.47 Å². The Morgan fingerprint density at radius 3 is 1.89 bits per heavy atom. The summed E-state index contributed by atoms with van der Waals surface area (Å²) >= 11 is 0. The van der Waals surface area contributed by atoms with Crippen molar-refractivity contribution in [2.75, 3.05) is 13.2 Å². The molecule has 1 spiro atoms. The molecule has 1 saturated heterocycles. The van der Waals surface area contributed by atoms with E-state index >= 15 is 0 Å². The second-order valence-corrected chi connectivity index (χ2v) is 10.7. The molecule has 4 aliphatic carbocycles. The normalized spacial score (nSPS) is 43.7. The largest absolute Gasteiger partial charge is 0.349 e. The fraction of sp³-hybridized carbons (Fsp3) is 0.857. The highest BCUT2D eigenvalue weighted by Crippen LogP contribution is 2.54. The highest BCUT2D eigenvalue weighted by atomic mass is 16.7. The van der Waals surface area contributed by atoms with Crippen LogP contribution in [0.3, 0.4) is 0 Å². The van der Waals surface area contributed by atoms with E-state index in [-0.39, 0.29) is 34.6 Å². The SMILES string of the molecule is CC1(C)COC2(C[C@H]3CC(=O)C[C@@]3(NN[C@]34CC(=O)C[C@H]3CC(=O)C4)C2)OC1. The van der Waals surface area contributed by atoms with Gasteiger partial charge >= 0.3 is 0 Å². The van der Waals surface area contributed by atoms with E-state index in [9.17, 15) is 14.4 Å². The van der Waals surface area contributed by atoms with Crippen molar-refractivity contribution in [3.63, 3.8) is 0 Å². The van der Waals surface area contributed by atoms with Crippen molar-refractivity contribution in [3.8, 4) is 0 Å². The summed E-state index contributed by atoms with van der Waals surface area (Å²) in [4.78, 5) is 36.5. The maximum atomic E-state index is 12.3. The molecule has 0 aromatic heterocycles. The van der Waals surface area contributed by atoms with Gasteiger partial charge in [-0.15, -0.1) is 0 Å². The lowest BCUT2D eigenvalue weighted by atomic mass is 9.89. The summed E-state index contributed by atoms with van der Waals surface area (Å²) in [6, 6.07) is 0. The van der Waals surface area contributed by atoms with E-state index < -0.39 is 16.9 Å². The Morgan fingerprint density at radius 2 is 1.29 bits per heavy atom. The Labute approximate surface area is 165 Å². The Bertz CT molecular complexity index is 717. The topological polar surface area (TPSA) is 93.7 Å². The van der Waals surface area contributed by atoms with Gasteiger partial charge in [-0.3, -0.25) is 19.8 Å². The average molecular weight is 390 g/mol. The number of hydrazine groups is 1. The summed E-state index contributed by atoms with van der Waals surface area (Å²) in [6.45, 7) is 5.54. The molecule has 7 heteroatoms. The monoisotopic (exact) mass is 390 g/mol. The average Bonchev–Trinajstić information content (AvgIpc) is 3.23. The molecule has 154 valence electrons. The number of hydrogen-bond donors (Lipinski definition) is 2. The molecule has 0 bridgehead atoms. The molecule has 0 aromatic rings. The van der Waals surface area contributed by atoms with Crippen molar-refractivity contribution in [3.05, 3.63) is 0 Å². The van der Waals surface area contributed by atoms with E-state index in [2.05, 4.69) is 24.7 Å². The van der Waals surface area contributed by atoms with Crippen LogP contribution in [0.15, 0.2) is 0 Å². The van der Waals surface area contributed by atoms with Crippen molar-refractivity contribution in [2.45, 2.75) is 82.1 Å². The summed E-state index contributed by atoms with van der Waals surface area (Å²) in [7, 11) is 0. The van der Waals surface area contributed by atoms with Gasteiger partial charge in [0.1, 0.15) is 17.3 Å². The van der Waals surface area contributed by atoms with Crippen molar-refractivity contribution >= 4 is 17.3 Å². The molecule has 0 aromatic carbocycles. The number of hydrogen-bond acceptors (Lipinski definition) is 7. The van der Waals surface area contributed by atoms with E-state index in [1.807, 2.05) is 0 Å². The molecule has 2 atom stereocenters. The van der Waals surface area contributed by atoms with E-state index in [1.165, 1.54) is 0 Å². The number of carbonyl (C=O) groups is 3. The van der Waals surface area contributed by atoms with Gasteiger partial charge in [-0.05, 0) is 11.8 Å². The molecule has 5 aliphatic rings. The molecule has 0 radical (unpaired) electrons. The standard InChI is InChI=1S/C21H30N2O5/c1-18(2)11-27-21(28-12-18)6-14-5-17(26)9-20(14,10-21)23-22-19-7-15(24)3-13(19)4-16(25)8-19/h13-14,22-23H,3-12H2,1-2H3/t13-,14-,19-,20-/m1/s1. The van der Waals surface area contributed by atoms with Gasteiger partial charge in [-0.25, -0.2) is 5.43 Å². The maximum absolute atomic E-state index is 12.3. The summed E-state index contributed by atoms with van der Waals surface area (Å²) < 4.78 is 12.4. The Hall–Kier alpha value is -1.15. The quantitative estimate of drug-likeness (QED) is 0.704. The minimum absolute atomic E-state index is 0.00177. The summed E-state index contributed by atoms with van der Waals surface area (Å²) in [6.07, 6.45) is 4.00. The van der Waals surface area contributed by atoms with Crippen molar-refractivity contribution in [1.29, 1.82) is 0 Å². The van der Waals surface area contributed by atoms with Crippen LogP contribution >= 0.6 is 0 Å². The molecule has 1 heterocycles. The molecule has 4 saturated carbocycles. The Balaban J connectivity index is 1.35. The van der Waals surface area contributed by atoms with Gasteiger partial charge in [0.25, 0.3) is 0 Å². The third kappa shape index (κ3) is 2.90. The van der Waals surface area contributed by atoms with Gasteiger partial charge in [0.05, 0.1) is 13.2 Å². The first-order valence-corrected chi connectivity index (χ1v) is 10.5. The van der Waals surface area contributed by atoms with Crippen LogP contribution in [0, 0.1) is 17.3 Å². The van der Waals surface area contributed by atoms with Crippen LogP contribution in [-0.2, 0) is 23.9 Å². The van der Waals surface area contributed by atoms with E-state index in [0.29, 0.717) is 64.6 Å². The molecular weight excluding hydrogens is 360 g/mol. The van der Waals surface area contributed by atoms with Gasteiger partial charge in [-0.1, -0.05) is 13.8 Å². The van der Waals surface area contributed by atoms with E-state index in [1.54, 1.807) is 0 Å². The molecule has 28 heavy (non-hydrogen) atoms. The third-order valence-corrected chi connectivity index (χ3v) is 7.68. The van der Waals surface area contributed by atoms with Crippen molar-refractivity contribution in [2.24, 2.45) is 17.3 Å². The lowest BCUT2D eigenvalue weighted by molar-refractivity contribution is -0.298.